The van der Waals surface area contributed by atoms with Crippen LogP contribution in [0.2, 0.25) is 0 Å². The summed E-state index contributed by atoms with van der Waals surface area (Å²) in [6.45, 7) is 2.29. The fraction of sp³-hybridized carbons (Fsp3) is 0.231. The average Bonchev–Trinajstić information content (AvgIpc) is 3.05. The van der Waals surface area contributed by atoms with Crippen molar-refractivity contribution in [2.24, 2.45) is 0 Å². The van der Waals surface area contributed by atoms with Crippen LogP contribution in [-0.2, 0) is 6.42 Å². The van der Waals surface area contributed by atoms with E-state index in [4.69, 9.17) is 0 Å². The Morgan fingerprint density at radius 1 is 0.667 bits per heavy atom. The standard InChI is InChI=1S/C26H24S/c1-2-3-4-5-14-22-21-13-9-8-12-20(21)17-25-26(22)23-15-18-10-6-7-11-19(18)16-24(23)27-25/h6-13,15-17H,2-5,14H2,1H3. The normalized spacial score (nSPS) is 11.9. The SMILES string of the molecule is CCCCCCc1c2ccccc2cc2sc3cc4ccccc4cc3c12. The molecule has 1 heterocycles. The van der Waals surface area contributed by atoms with Gasteiger partial charge in [-0.2, -0.15) is 0 Å². The van der Waals surface area contributed by atoms with Crippen LogP contribution in [0.1, 0.15) is 38.2 Å². The van der Waals surface area contributed by atoms with Gasteiger partial charge in [-0.25, -0.2) is 0 Å². The molecule has 0 atom stereocenters. The summed E-state index contributed by atoms with van der Waals surface area (Å²) in [5.41, 5.74) is 1.56. The molecule has 0 nitrogen and oxygen atoms in total. The molecule has 27 heavy (non-hydrogen) atoms. The highest BCUT2D eigenvalue weighted by atomic mass is 32.1. The molecule has 134 valence electrons. The van der Waals surface area contributed by atoms with Crippen LogP contribution in [0.25, 0.3) is 41.7 Å². The molecule has 0 aliphatic carbocycles. The minimum Gasteiger partial charge on any atom is -0.135 e. The summed E-state index contributed by atoms with van der Waals surface area (Å²) in [6.07, 6.45) is 6.41. The molecule has 0 aliphatic heterocycles. The second kappa shape index (κ2) is 6.98. The Morgan fingerprint density at radius 3 is 2.19 bits per heavy atom. The first-order chi connectivity index (χ1) is 13.3. The summed E-state index contributed by atoms with van der Waals surface area (Å²) in [6, 6.07) is 24.9. The second-order valence-corrected chi connectivity index (χ2v) is 8.64. The Hall–Kier alpha value is -2.38. The van der Waals surface area contributed by atoms with E-state index in [2.05, 4.69) is 73.7 Å². The number of aryl methyl sites for hydroxylation is 1. The van der Waals surface area contributed by atoms with Crippen molar-refractivity contribution in [2.45, 2.75) is 39.0 Å². The summed E-state index contributed by atoms with van der Waals surface area (Å²) < 4.78 is 2.85. The van der Waals surface area contributed by atoms with Gasteiger partial charge in [0.1, 0.15) is 0 Å². The maximum absolute atomic E-state index is 2.41. The topological polar surface area (TPSA) is 0 Å². The average molecular weight is 369 g/mol. The van der Waals surface area contributed by atoms with Crippen LogP contribution in [0.4, 0.5) is 0 Å². The maximum Gasteiger partial charge on any atom is 0.0364 e. The number of hydrogen-bond acceptors (Lipinski definition) is 1. The molecule has 0 unspecified atom stereocenters. The number of rotatable bonds is 5. The van der Waals surface area contributed by atoms with Crippen LogP contribution in [0, 0.1) is 0 Å². The van der Waals surface area contributed by atoms with Crippen molar-refractivity contribution in [3.8, 4) is 0 Å². The fourth-order valence-electron chi connectivity index (χ4n) is 4.38. The molecule has 0 saturated heterocycles. The smallest absolute Gasteiger partial charge is 0.0364 e. The Kier molecular flexibility index (Phi) is 4.33. The van der Waals surface area contributed by atoms with Crippen LogP contribution < -0.4 is 0 Å². The third-order valence-electron chi connectivity index (χ3n) is 5.74. The summed E-state index contributed by atoms with van der Waals surface area (Å²) in [5, 5.41) is 8.43. The number of unbranched alkanes of at least 4 members (excludes halogenated alkanes) is 3. The molecule has 0 saturated carbocycles. The zero-order valence-electron chi connectivity index (χ0n) is 15.8. The van der Waals surface area contributed by atoms with E-state index in [9.17, 15) is 0 Å². The van der Waals surface area contributed by atoms with Gasteiger partial charge in [-0.05, 0) is 58.1 Å². The predicted octanol–water partition coefficient (Wildman–Crippen LogP) is 8.48. The molecule has 0 spiro atoms. The first kappa shape index (κ1) is 16.8. The predicted molar refractivity (Wildman–Crippen MR) is 122 cm³/mol. The Balaban J connectivity index is 1.80. The fourth-order valence-corrected chi connectivity index (χ4v) is 5.59. The van der Waals surface area contributed by atoms with E-state index in [0.29, 0.717) is 0 Å². The summed E-state index contributed by atoms with van der Waals surface area (Å²) in [7, 11) is 0. The van der Waals surface area contributed by atoms with Gasteiger partial charge < -0.3 is 0 Å². The molecule has 5 aromatic rings. The van der Waals surface area contributed by atoms with Gasteiger partial charge in [-0.3, -0.25) is 0 Å². The molecule has 0 radical (unpaired) electrons. The number of fused-ring (bicyclic) bond motifs is 5. The largest absolute Gasteiger partial charge is 0.135 e. The van der Waals surface area contributed by atoms with Crippen molar-refractivity contribution in [2.75, 3.05) is 0 Å². The number of hydrogen-bond donors (Lipinski definition) is 0. The zero-order chi connectivity index (χ0) is 18.2. The van der Waals surface area contributed by atoms with Crippen LogP contribution in [0.15, 0.2) is 66.7 Å². The Bertz CT molecular complexity index is 1260. The van der Waals surface area contributed by atoms with E-state index in [1.165, 1.54) is 73.8 Å². The van der Waals surface area contributed by atoms with Gasteiger partial charge >= 0.3 is 0 Å². The molecule has 0 aliphatic rings. The lowest BCUT2D eigenvalue weighted by molar-refractivity contribution is 0.669. The molecule has 5 rings (SSSR count). The first-order valence-corrected chi connectivity index (χ1v) is 10.9. The zero-order valence-corrected chi connectivity index (χ0v) is 16.6. The number of benzene rings is 4. The second-order valence-electron chi connectivity index (χ2n) is 7.56. The van der Waals surface area contributed by atoms with Crippen molar-refractivity contribution >= 4 is 53.1 Å². The van der Waals surface area contributed by atoms with E-state index in [0.717, 1.165) is 0 Å². The van der Waals surface area contributed by atoms with Crippen LogP contribution >= 0.6 is 11.3 Å². The molecule has 1 heteroatoms. The highest BCUT2D eigenvalue weighted by Gasteiger charge is 2.14. The lowest BCUT2D eigenvalue weighted by Crippen LogP contribution is -1.90. The van der Waals surface area contributed by atoms with Gasteiger partial charge in [-0.1, -0.05) is 74.7 Å². The van der Waals surface area contributed by atoms with Crippen molar-refractivity contribution in [1.29, 1.82) is 0 Å². The van der Waals surface area contributed by atoms with Crippen LogP contribution in [-0.4, -0.2) is 0 Å². The minimum atomic E-state index is 1.18. The minimum absolute atomic E-state index is 1.18. The molecule has 0 N–H and O–H groups in total. The van der Waals surface area contributed by atoms with E-state index in [-0.39, 0.29) is 0 Å². The molecular weight excluding hydrogens is 344 g/mol. The van der Waals surface area contributed by atoms with Gasteiger partial charge in [-0.15, -0.1) is 11.3 Å². The quantitative estimate of drug-likeness (QED) is 0.273. The summed E-state index contributed by atoms with van der Waals surface area (Å²) >= 11 is 1.95. The molecule has 0 fully saturated rings. The first-order valence-electron chi connectivity index (χ1n) is 10.1. The van der Waals surface area contributed by atoms with E-state index < -0.39 is 0 Å². The highest BCUT2D eigenvalue weighted by molar-refractivity contribution is 7.26. The lowest BCUT2D eigenvalue weighted by atomic mass is 9.94. The van der Waals surface area contributed by atoms with Crippen molar-refractivity contribution in [3.05, 3.63) is 72.3 Å². The monoisotopic (exact) mass is 368 g/mol. The van der Waals surface area contributed by atoms with Gasteiger partial charge in [0.15, 0.2) is 0 Å². The molecule has 4 aromatic carbocycles. The van der Waals surface area contributed by atoms with Crippen molar-refractivity contribution in [1.82, 2.24) is 0 Å². The maximum atomic E-state index is 2.41. The molecule has 0 bridgehead atoms. The van der Waals surface area contributed by atoms with E-state index >= 15 is 0 Å². The summed E-state index contributed by atoms with van der Waals surface area (Å²) in [5.74, 6) is 0. The highest BCUT2D eigenvalue weighted by Crippen LogP contribution is 2.41. The van der Waals surface area contributed by atoms with Crippen molar-refractivity contribution < 1.29 is 0 Å². The van der Waals surface area contributed by atoms with Gasteiger partial charge in [0.2, 0.25) is 0 Å². The van der Waals surface area contributed by atoms with E-state index in [1.54, 1.807) is 5.56 Å². The third-order valence-corrected chi connectivity index (χ3v) is 6.84. The Morgan fingerprint density at radius 2 is 1.37 bits per heavy atom. The Labute approximate surface area is 164 Å². The molecule has 1 aromatic heterocycles. The van der Waals surface area contributed by atoms with Crippen LogP contribution in [0.5, 0.6) is 0 Å². The molecule has 0 amide bonds. The van der Waals surface area contributed by atoms with E-state index in [1.807, 2.05) is 11.3 Å². The van der Waals surface area contributed by atoms with Gasteiger partial charge in [0.25, 0.3) is 0 Å². The molecular formula is C26H24S. The van der Waals surface area contributed by atoms with Gasteiger partial charge in [0, 0.05) is 20.2 Å². The number of thiophene rings is 1. The van der Waals surface area contributed by atoms with Crippen LogP contribution in [0.3, 0.4) is 0 Å². The lowest BCUT2D eigenvalue weighted by Gasteiger charge is -2.10. The summed E-state index contributed by atoms with van der Waals surface area (Å²) in [4.78, 5) is 0. The van der Waals surface area contributed by atoms with Gasteiger partial charge in [0.05, 0.1) is 0 Å². The third kappa shape index (κ3) is 2.91. The van der Waals surface area contributed by atoms with Crippen molar-refractivity contribution in [3.63, 3.8) is 0 Å².